The molecule has 0 radical (unpaired) electrons. The normalized spacial score (nSPS) is 13.9. The summed E-state index contributed by atoms with van der Waals surface area (Å²) in [5.74, 6) is -0.395. The minimum atomic E-state index is -0.503. The molecule has 0 amide bonds. The Morgan fingerprint density at radius 2 is 2.19 bits per heavy atom. The third kappa shape index (κ3) is 2.89. The second-order valence-corrected chi connectivity index (χ2v) is 5.04. The summed E-state index contributed by atoms with van der Waals surface area (Å²) in [5.41, 5.74) is 2.70. The SMILES string of the molecule is COC(=O)c1ncn(CCN2CCCc3ccccc32)n1. The van der Waals surface area contributed by atoms with Crippen LogP contribution in [-0.2, 0) is 17.7 Å². The molecule has 2 heterocycles. The maximum Gasteiger partial charge on any atom is 0.377 e. The van der Waals surface area contributed by atoms with E-state index in [2.05, 4.69) is 44.0 Å². The van der Waals surface area contributed by atoms with Gasteiger partial charge >= 0.3 is 5.97 Å². The number of aryl methyl sites for hydroxylation is 1. The molecule has 0 N–H and O–H groups in total. The van der Waals surface area contributed by atoms with E-state index in [9.17, 15) is 4.79 Å². The standard InChI is InChI=1S/C15H18N4O2/c1-21-15(20)14-16-11-19(17-14)10-9-18-8-4-6-12-5-2-3-7-13(12)18/h2-3,5,7,11H,4,6,8-10H2,1H3. The molecule has 6 nitrogen and oxygen atoms in total. The van der Waals surface area contributed by atoms with Gasteiger partial charge in [-0.25, -0.2) is 9.78 Å². The number of carbonyl (C=O) groups is 1. The minimum Gasteiger partial charge on any atom is -0.463 e. The molecule has 0 atom stereocenters. The Hall–Kier alpha value is -2.37. The molecule has 0 saturated heterocycles. The molecular formula is C15H18N4O2. The van der Waals surface area contributed by atoms with Gasteiger partial charge in [-0.1, -0.05) is 18.2 Å². The summed E-state index contributed by atoms with van der Waals surface area (Å²) in [5, 5.41) is 4.13. The number of rotatable bonds is 4. The zero-order valence-electron chi connectivity index (χ0n) is 12.0. The summed E-state index contributed by atoms with van der Waals surface area (Å²) in [7, 11) is 1.33. The maximum absolute atomic E-state index is 11.3. The molecule has 0 spiro atoms. The second kappa shape index (κ2) is 5.95. The largest absolute Gasteiger partial charge is 0.463 e. The lowest BCUT2D eigenvalue weighted by molar-refractivity contribution is 0.0586. The van der Waals surface area contributed by atoms with Crippen LogP contribution in [0.2, 0.25) is 0 Å². The molecule has 1 aromatic carbocycles. The van der Waals surface area contributed by atoms with Crippen molar-refractivity contribution in [2.45, 2.75) is 19.4 Å². The number of hydrogen-bond acceptors (Lipinski definition) is 5. The van der Waals surface area contributed by atoms with E-state index >= 15 is 0 Å². The van der Waals surface area contributed by atoms with E-state index in [1.54, 1.807) is 11.0 Å². The van der Waals surface area contributed by atoms with Crippen LogP contribution in [0, 0.1) is 0 Å². The van der Waals surface area contributed by atoms with Crippen molar-refractivity contribution in [1.82, 2.24) is 14.8 Å². The minimum absolute atomic E-state index is 0.108. The highest BCUT2D eigenvalue weighted by molar-refractivity contribution is 5.84. The van der Waals surface area contributed by atoms with Gasteiger partial charge in [0.2, 0.25) is 0 Å². The van der Waals surface area contributed by atoms with Crippen molar-refractivity contribution >= 4 is 11.7 Å². The average molecular weight is 286 g/mol. The van der Waals surface area contributed by atoms with Gasteiger partial charge in [0.15, 0.2) is 0 Å². The molecule has 1 aliphatic rings. The zero-order chi connectivity index (χ0) is 14.7. The Balaban J connectivity index is 1.66. The Labute approximate surface area is 123 Å². The quantitative estimate of drug-likeness (QED) is 0.797. The monoisotopic (exact) mass is 286 g/mol. The lowest BCUT2D eigenvalue weighted by Gasteiger charge is -2.31. The Morgan fingerprint density at radius 3 is 3.05 bits per heavy atom. The molecule has 0 aliphatic carbocycles. The molecule has 0 bridgehead atoms. The number of esters is 1. The van der Waals surface area contributed by atoms with Gasteiger partial charge in [0.1, 0.15) is 6.33 Å². The first-order valence-corrected chi connectivity index (χ1v) is 7.08. The summed E-state index contributed by atoms with van der Waals surface area (Å²) in [4.78, 5) is 17.6. The van der Waals surface area contributed by atoms with Crippen molar-refractivity contribution in [1.29, 1.82) is 0 Å². The molecule has 6 heteroatoms. The van der Waals surface area contributed by atoms with E-state index in [1.165, 1.54) is 24.8 Å². The van der Waals surface area contributed by atoms with E-state index in [4.69, 9.17) is 0 Å². The van der Waals surface area contributed by atoms with Crippen molar-refractivity contribution in [3.8, 4) is 0 Å². The first-order valence-electron chi connectivity index (χ1n) is 7.08. The van der Waals surface area contributed by atoms with E-state index in [0.717, 1.165) is 19.5 Å². The van der Waals surface area contributed by atoms with Crippen LogP contribution in [0.25, 0.3) is 0 Å². The van der Waals surface area contributed by atoms with Gasteiger partial charge < -0.3 is 9.64 Å². The lowest BCUT2D eigenvalue weighted by atomic mass is 10.0. The van der Waals surface area contributed by atoms with Crippen molar-refractivity contribution < 1.29 is 9.53 Å². The fourth-order valence-electron chi connectivity index (χ4n) is 2.65. The molecule has 1 aliphatic heterocycles. The topological polar surface area (TPSA) is 60.2 Å². The predicted octanol–water partition coefficient (Wildman–Crippen LogP) is 1.52. The van der Waals surface area contributed by atoms with Gasteiger partial charge in [-0.15, -0.1) is 5.10 Å². The van der Waals surface area contributed by atoms with Crippen LogP contribution in [0.1, 0.15) is 22.6 Å². The van der Waals surface area contributed by atoms with Crippen molar-refractivity contribution in [3.05, 3.63) is 42.0 Å². The molecule has 110 valence electrons. The van der Waals surface area contributed by atoms with Crippen LogP contribution >= 0.6 is 0 Å². The van der Waals surface area contributed by atoms with Crippen molar-refractivity contribution in [3.63, 3.8) is 0 Å². The maximum atomic E-state index is 11.3. The number of aromatic nitrogens is 3. The van der Waals surface area contributed by atoms with Crippen molar-refractivity contribution in [2.75, 3.05) is 25.1 Å². The number of hydrogen-bond donors (Lipinski definition) is 0. The fraction of sp³-hybridized carbons (Fsp3) is 0.400. The number of methoxy groups -OCH3 is 1. The zero-order valence-corrected chi connectivity index (χ0v) is 12.0. The smallest absolute Gasteiger partial charge is 0.377 e. The second-order valence-electron chi connectivity index (χ2n) is 5.04. The Morgan fingerprint density at radius 1 is 1.33 bits per heavy atom. The van der Waals surface area contributed by atoms with E-state index in [1.807, 2.05) is 0 Å². The van der Waals surface area contributed by atoms with Crippen LogP contribution in [0.15, 0.2) is 30.6 Å². The molecular weight excluding hydrogens is 268 g/mol. The number of carbonyl (C=O) groups excluding carboxylic acids is 1. The molecule has 0 fully saturated rings. The van der Waals surface area contributed by atoms with Crippen LogP contribution < -0.4 is 4.90 Å². The number of fused-ring (bicyclic) bond motifs is 1. The van der Waals surface area contributed by atoms with Crippen LogP contribution in [0.4, 0.5) is 5.69 Å². The molecule has 2 aromatic rings. The van der Waals surface area contributed by atoms with Gasteiger partial charge in [0.05, 0.1) is 13.7 Å². The summed E-state index contributed by atoms with van der Waals surface area (Å²) in [6.45, 7) is 2.59. The van der Waals surface area contributed by atoms with Crippen LogP contribution in [0.3, 0.4) is 0 Å². The van der Waals surface area contributed by atoms with Gasteiger partial charge in [-0.3, -0.25) is 4.68 Å². The third-order valence-electron chi connectivity index (χ3n) is 3.71. The molecule has 3 rings (SSSR count). The molecule has 21 heavy (non-hydrogen) atoms. The number of para-hydroxylation sites is 1. The molecule has 1 aromatic heterocycles. The third-order valence-corrected chi connectivity index (χ3v) is 3.71. The van der Waals surface area contributed by atoms with E-state index in [0.29, 0.717) is 6.54 Å². The summed E-state index contributed by atoms with van der Waals surface area (Å²) >= 11 is 0. The Bertz CT molecular complexity index is 638. The van der Waals surface area contributed by atoms with Crippen LogP contribution in [0.5, 0.6) is 0 Å². The highest BCUT2D eigenvalue weighted by Crippen LogP contribution is 2.26. The Kier molecular flexibility index (Phi) is 3.85. The number of ether oxygens (including phenoxy) is 1. The van der Waals surface area contributed by atoms with E-state index in [-0.39, 0.29) is 5.82 Å². The highest BCUT2D eigenvalue weighted by atomic mass is 16.5. The van der Waals surface area contributed by atoms with Gasteiger partial charge in [0, 0.05) is 18.8 Å². The first-order chi connectivity index (χ1) is 10.3. The van der Waals surface area contributed by atoms with Gasteiger partial charge in [-0.2, -0.15) is 0 Å². The highest BCUT2D eigenvalue weighted by Gasteiger charge is 2.16. The number of nitrogens with zero attached hydrogens (tertiary/aromatic N) is 4. The van der Waals surface area contributed by atoms with Gasteiger partial charge in [-0.05, 0) is 24.5 Å². The van der Waals surface area contributed by atoms with E-state index < -0.39 is 5.97 Å². The number of benzene rings is 1. The lowest BCUT2D eigenvalue weighted by Crippen LogP contribution is -2.32. The average Bonchev–Trinajstić information content (AvgIpc) is 3.01. The summed E-state index contributed by atoms with van der Waals surface area (Å²) in [6, 6.07) is 8.51. The van der Waals surface area contributed by atoms with Gasteiger partial charge in [0.25, 0.3) is 5.82 Å². The predicted molar refractivity (Wildman–Crippen MR) is 78.3 cm³/mol. The van der Waals surface area contributed by atoms with Crippen molar-refractivity contribution in [2.24, 2.45) is 0 Å². The summed E-state index contributed by atoms with van der Waals surface area (Å²) in [6.07, 6.45) is 3.88. The molecule has 0 saturated carbocycles. The summed E-state index contributed by atoms with van der Waals surface area (Å²) < 4.78 is 6.29. The molecule has 0 unspecified atom stereocenters. The first kappa shape index (κ1) is 13.6. The van der Waals surface area contributed by atoms with Crippen LogP contribution in [-0.4, -0.2) is 40.9 Å². The number of anilines is 1. The fourth-order valence-corrected chi connectivity index (χ4v) is 2.65.